The van der Waals surface area contributed by atoms with Crippen molar-refractivity contribution in [1.29, 1.82) is 0 Å². The van der Waals surface area contributed by atoms with E-state index in [0.29, 0.717) is 17.0 Å². The molecule has 22 heavy (non-hydrogen) atoms. The fourth-order valence-corrected chi connectivity index (χ4v) is 2.49. The van der Waals surface area contributed by atoms with Crippen LogP contribution in [0.15, 0.2) is 45.3 Å². The van der Waals surface area contributed by atoms with Crippen LogP contribution in [-0.4, -0.2) is 20.1 Å². The molecule has 4 N–H and O–H groups in total. The van der Waals surface area contributed by atoms with E-state index in [1.54, 1.807) is 31.4 Å². The fourth-order valence-electron chi connectivity index (χ4n) is 1.53. The van der Waals surface area contributed by atoms with Gasteiger partial charge < -0.3 is 20.9 Å². The molecule has 0 radical (unpaired) electrons. The van der Waals surface area contributed by atoms with Gasteiger partial charge >= 0.3 is 0 Å². The van der Waals surface area contributed by atoms with Crippen molar-refractivity contribution in [2.75, 3.05) is 20.0 Å². The minimum atomic E-state index is -0.463. The van der Waals surface area contributed by atoms with Gasteiger partial charge in [0.2, 0.25) is 5.91 Å². The normalized spacial score (nSPS) is 9.45. The van der Waals surface area contributed by atoms with E-state index in [0.717, 1.165) is 14.7 Å². The Morgan fingerprint density at radius 1 is 0.909 bits per heavy atom. The molecule has 0 saturated heterocycles. The number of anilines is 1. The topological polar surface area (TPSA) is 87.6 Å². The maximum absolute atomic E-state index is 10.8. The van der Waals surface area contributed by atoms with Crippen LogP contribution in [0.25, 0.3) is 0 Å². The van der Waals surface area contributed by atoms with Crippen LogP contribution in [0.1, 0.15) is 10.4 Å². The second-order valence-electron chi connectivity index (χ2n) is 4.17. The number of hydrogen-bond acceptors (Lipinski definition) is 4. The molecule has 0 bridgehead atoms. The van der Waals surface area contributed by atoms with E-state index in [9.17, 15) is 4.79 Å². The first-order chi connectivity index (χ1) is 10.3. The van der Waals surface area contributed by atoms with Crippen molar-refractivity contribution >= 4 is 43.5 Å². The molecule has 2 rings (SSSR count). The van der Waals surface area contributed by atoms with Crippen LogP contribution in [-0.2, 0) is 0 Å². The molecule has 0 heterocycles. The Kier molecular flexibility index (Phi) is 7.20. The summed E-state index contributed by atoms with van der Waals surface area (Å²) in [6.45, 7) is 0. The Morgan fingerprint density at radius 3 is 1.86 bits per heavy atom. The van der Waals surface area contributed by atoms with Gasteiger partial charge in [-0.05, 0) is 30.3 Å². The van der Waals surface area contributed by atoms with Crippen LogP contribution in [0.2, 0.25) is 0 Å². The first-order valence-electron chi connectivity index (χ1n) is 6.10. The van der Waals surface area contributed by atoms with Gasteiger partial charge in [-0.15, -0.1) is 0 Å². The highest BCUT2D eigenvalue weighted by Gasteiger charge is 2.03. The molecule has 0 unspecified atom stereocenters. The molecule has 0 aliphatic heterocycles. The molecule has 0 aliphatic rings. The van der Waals surface area contributed by atoms with Gasteiger partial charge in [0.1, 0.15) is 11.5 Å². The average Bonchev–Trinajstić information content (AvgIpc) is 2.46. The fraction of sp³-hybridized carbons (Fsp3) is 0.133. The highest BCUT2D eigenvalue weighted by atomic mass is 79.9. The molecule has 0 fully saturated rings. The zero-order chi connectivity index (χ0) is 16.7. The number of methoxy groups -OCH3 is 2. The van der Waals surface area contributed by atoms with Gasteiger partial charge in [-0.2, -0.15) is 0 Å². The monoisotopic (exact) mass is 430 g/mol. The maximum Gasteiger partial charge on any atom is 0.248 e. The molecule has 2 aromatic carbocycles. The van der Waals surface area contributed by atoms with E-state index in [2.05, 4.69) is 31.9 Å². The molecule has 0 spiro atoms. The average molecular weight is 432 g/mol. The Balaban J connectivity index is 0.000000224. The molecule has 1 amide bonds. The van der Waals surface area contributed by atoms with E-state index >= 15 is 0 Å². The van der Waals surface area contributed by atoms with Crippen LogP contribution in [0.3, 0.4) is 0 Å². The van der Waals surface area contributed by atoms with Crippen molar-refractivity contribution in [1.82, 2.24) is 0 Å². The Labute approximate surface area is 145 Å². The van der Waals surface area contributed by atoms with Crippen molar-refractivity contribution in [2.45, 2.75) is 0 Å². The third-order valence-electron chi connectivity index (χ3n) is 2.52. The summed E-state index contributed by atoms with van der Waals surface area (Å²) in [7, 11) is 3.15. The zero-order valence-electron chi connectivity index (χ0n) is 12.1. The Bertz CT molecular complexity index is 643. The third kappa shape index (κ3) is 5.95. The van der Waals surface area contributed by atoms with Crippen molar-refractivity contribution in [3.8, 4) is 11.5 Å². The van der Waals surface area contributed by atoms with Crippen LogP contribution in [0.5, 0.6) is 11.5 Å². The number of rotatable bonds is 3. The van der Waals surface area contributed by atoms with E-state index in [-0.39, 0.29) is 0 Å². The minimum Gasteiger partial charge on any atom is -0.497 e. The summed E-state index contributed by atoms with van der Waals surface area (Å²) in [4.78, 5) is 10.8. The standard InChI is InChI=1S/C8H8BrNO2.C7H8BrNO/c1-12-7-3-5(8(10)11)2-6(9)4-7;1-10-7-3-5(8)2-6(9)4-7/h2-4H,1H3,(H2,10,11);2-4H,9H2,1H3. The lowest BCUT2D eigenvalue weighted by Gasteiger charge is -2.02. The summed E-state index contributed by atoms with van der Waals surface area (Å²) >= 11 is 6.53. The third-order valence-corrected chi connectivity index (χ3v) is 3.44. The summed E-state index contributed by atoms with van der Waals surface area (Å²) in [6.07, 6.45) is 0. The van der Waals surface area contributed by atoms with Crippen molar-refractivity contribution in [3.05, 3.63) is 50.9 Å². The predicted molar refractivity (Wildman–Crippen MR) is 94.3 cm³/mol. The molecule has 7 heteroatoms. The number of carbonyl (C=O) groups is 1. The summed E-state index contributed by atoms with van der Waals surface area (Å²) < 4.78 is 11.6. The summed E-state index contributed by atoms with van der Waals surface area (Å²) in [6, 6.07) is 10.4. The number of halogens is 2. The van der Waals surface area contributed by atoms with Gasteiger partial charge in [-0.3, -0.25) is 4.79 Å². The van der Waals surface area contributed by atoms with Crippen LogP contribution in [0, 0.1) is 0 Å². The number of benzene rings is 2. The van der Waals surface area contributed by atoms with Gasteiger partial charge in [-0.1, -0.05) is 31.9 Å². The molecule has 0 atom stereocenters. The molecule has 118 valence electrons. The lowest BCUT2D eigenvalue weighted by atomic mass is 10.2. The van der Waals surface area contributed by atoms with Gasteiger partial charge in [0.15, 0.2) is 0 Å². The molecule has 0 aromatic heterocycles. The van der Waals surface area contributed by atoms with E-state index in [1.165, 1.54) is 7.11 Å². The second-order valence-corrected chi connectivity index (χ2v) is 6.00. The molecule has 0 aliphatic carbocycles. The second kappa shape index (κ2) is 8.65. The smallest absolute Gasteiger partial charge is 0.248 e. The highest BCUT2D eigenvalue weighted by Crippen LogP contribution is 2.22. The van der Waals surface area contributed by atoms with Gasteiger partial charge in [-0.25, -0.2) is 0 Å². The SMILES string of the molecule is COc1cc(Br)cc(C(N)=O)c1.COc1cc(N)cc(Br)c1. The number of hydrogen-bond donors (Lipinski definition) is 2. The first kappa shape index (κ1) is 18.3. The number of nitrogen functional groups attached to an aromatic ring is 1. The quantitative estimate of drug-likeness (QED) is 0.726. The van der Waals surface area contributed by atoms with Gasteiger partial charge in [0.25, 0.3) is 0 Å². The van der Waals surface area contributed by atoms with E-state index in [4.69, 9.17) is 20.9 Å². The predicted octanol–water partition coefficient (Wildman–Crippen LogP) is 3.60. The van der Waals surface area contributed by atoms with Crippen LogP contribution in [0.4, 0.5) is 5.69 Å². The number of nitrogens with two attached hydrogens (primary N) is 2. The summed E-state index contributed by atoms with van der Waals surface area (Å²) in [5, 5.41) is 0. The number of amides is 1. The van der Waals surface area contributed by atoms with Crippen molar-refractivity contribution < 1.29 is 14.3 Å². The number of ether oxygens (including phenoxy) is 2. The number of primary amides is 1. The summed E-state index contributed by atoms with van der Waals surface area (Å²) in [5.74, 6) is 0.916. The summed E-state index contributed by atoms with van der Waals surface area (Å²) in [5.41, 5.74) is 11.7. The number of carbonyl (C=O) groups excluding carboxylic acids is 1. The van der Waals surface area contributed by atoms with Crippen molar-refractivity contribution in [2.24, 2.45) is 5.73 Å². The lowest BCUT2D eigenvalue weighted by molar-refractivity contribution is 0.1000. The molecular formula is C15H16Br2N2O3. The molecule has 0 saturated carbocycles. The van der Waals surface area contributed by atoms with E-state index in [1.807, 2.05) is 12.1 Å². The zero-order valence-corrected chi connectivity index (χ0v) is 15.3. The van der Waals surface area contributed by atoms with E-state index < -0.39 is 5.91 Å². The Hall–Kier alpha value is -1.73. The van der Waals surface area contributed by atoms with Crippen LogP contribution < -0.4 is 20.9 Å². The van der Waals surface area contributed by atoms with Gasteiger partial charge in [0, 0.05) is 26.3 Å². The van der Waals surface area contributed by atoms with Gasteiger partial charge in [0.05, 0.1) is 14.2 Å². The first-order valence-corrected chi connectivity index (χ1v) is 7.68. The minimum absolute atomic E-state index is 0.432. The largest absolute Gasteiger partial charge is 0.497 e. The van der Waals surface area contributed by atoms with Crippen molar-refractivity contribution in [3.63, 3.8) is 0 Å². The molecule has 5 nitrogen and oxygen atoms in total. The van der Waals surface area contributed by atoms with Crippen LogP contribution >= 0.6 is 31.9 Å². The Morgan fingerprint density at radius 2 is 1.41 bits per heavy atom. The maximum atomic E-state index is 10.8. The molecular weight excluding hydrogens is 416 g/mol. The lowest BCUT2D eigenvalue weighted by Crippen LogP contribution is -2.10. The highest BCUT2D eigenvalue weighted by molar-refractivity contribution is 9.10. The molecule has 2 aromatic rings.